The highest BCUT2D eigenvalue weighted by atomic mass is 32.2. The monoisotopic (exact) mass is 285 g/mol. The molecule has 1 saturated carbocycles. The number of aromatic nitrogens is 4. The van der Waals surface area contributed by atoms with Crippen molar-refractivity contribution in [2.45, 2.75) is 36.4 Å². The molecule has 0 aromatic carbocycles. The Labute approximate surface area is 116 Å². The number of ether oxygens (including phenoxy) is 1. The van der Waals surface area contributed by atoms with Gasteiger partial charge in [-0.05, 0) is 35.6 Å². The van der Waals surface area contributed by atoms with E-state index in [0.29, 0.717) is 6.42 Å². The van der Waals surface area contributed by atoms with Gasteiger partial charge in [0.2, 0.25) is 5.16 Å². The maximum absolute atomic E-state index is 11.8. The normalized spacial score (nSPS) is 26.6. The van der Waals surface area contributed by atoms with Gasteiger partial charge in [-0.25, -0.2) is 4.68 Å². The number of esters is 1. The number of tetrazole rings is 1. The van der Waals surface area contributed by atoms with Crippen LogP contribution < -0.4 is 5.73 Å². The molecular weight excluding hydrogens is 266 g/mol. The van der Waals surface area contributed by atoms with Gasteiger partial charge in [0.15, 0.2) is 0 Å². The minimum Gasteiger partial charge on any atom is -0.468 e. The number of thioether (sulfide) groups is 1. The highest BCUT2D eigenvalue weighted by molar-refractivity contribution is 7.99. The van der Waals surface area contributed by atoms with Crippen molar-refractivity contribution in [2.75, 3.05) is 12.9 Å². The summed E-state index contributed by atoms with van der Waals surface area (Å²) in [5.41, 5.74) is 5.41. The van der Waals surface area contributed by atoms with Gasteiger partial charge in [0.05, 0.1) is 7.11 Å². The minimum absolute atomic E-state index is 0.175. The molecule has 7 nitrogen and oxygen atoms in total. The number of nitrogens with zero attached hydrogens (tertiary/aromatic N) is 4. The standard InChI is InChI=1S/C11H19N5O2S/c1-16-10(13-14-15-16)19-7-5-8-4-3-6-11(8,12)9(17)18-2/h8H,3-7,12H2,1-2H3. The third-order valence-corrected chi connectivity index (χ3v) is 4.76. The van der Waals surface area contributed by atoms with Crippen molar-refractivity contribution < 1.29 is 9.53 Å². The molecule has 106 valence electrons. The van der Waals surface area contributed by atoms with Gasteiger partial charge in [-0.2, -0.15) is 0 Å². The molecular formula is C11H19N5O2S. The first-order chi connectivity index (χ1) is 9.08. The smallest absolute Gasteiger partial charge is 0.326 e. The van der Waals surface area contributed by atoms with Crippen LogP contribution in [0.4, 0.5) is 0 Å². The maximum atomic E-state index is 11.8. The molecule has 0 amide bonds. The summed E-state index contributed by atoms with van der Waals surface area (Å²) < 4.78 is 6.47. The first kappa shape index (κ1) is 14.3. The Kier molecular flexibility index (Phi) is 4.41. The molecule has 2 atom stereocenters. The molecule has 0 spiro atoms. The molecule has 0 saturated heterocycles. The van der Waals surface area contributed by atoms with E-state index in [1.807, 2.05) is 0 Å². The molecule has 1 fully saturated rings. The van der Waals surface area contributed by atoms with Crippen LogP contribution in [0, 0.1) is 5.92 Å². The van der Waals surface area contributed by atoms with E-state index in [9.17, 15) is 4.79 Å². The quantitative estimate of drug-likeness (QED) is 0.616. The molecule has 2 rings (SSSR count). The number of rotatable bonds is 5. The lowest BCUT2D eigenvalue weighted by atomic mass is 9.86. The molecule has 2 unspecified atom stereocenters. The summed E-state index contributed by atoms with van der Waals surface area (Å²) in [4.78, 5) is 11.8. The van der Waals surface area contributed by atoms with E-state index in [1.165, 1.54) is 7.11 Å². The van der Waals surface area contributed by atoms with Gasteiger partial charge in [0, 0.05) is 12.8 Å². The van der Waals surface area contributed by atoms with Crippen LogP contribution in [0.25, 0.3) is 0 Å². The fourth-order valence-corrected chi connectivity index (χ4v) is 3.50. The number of carbonyl (C=O) groups excluding carboxylic acids is 1. The first-order valence-corrected chi connectivity index (χ1v) is 7.29. The Balaban J connectivity index is 1.88. The van der Waals surface area contributed by atoms with Crippen LogP contribution >= 0.6 is 11.8 Å². The number of carbonyl (C=O) groups is 1. The van der Waals surface area contributed by atoms with E-state index in [4.69, 9.17) is 10.5 Å². The van der Waals surface area contributed by atoms with Crippen LogP contribution in [0.2, 0.25) is 0 Å². The van der Waals surface area contributed by atoms with E-state index >= 15 is 0 Å². The molecule has 1 aromatic rings. The highest BCUT2D eigenvalue weighted by Gasteiger charge is 2.46. The number of methoxy groups -OCH3 is 1. The van der Waals surface area contributed by atoms with Crippen LogP contribution in [0.15, 0.2) is 5.16 Å². The van der Waals surface area contributed by atoms with Crippen molar-refractivity contribution in [1.82, 2.24) is 20.2 Å². The predicted octanol–water partition coefficient (Wildman–Crippen LogP) is 0.363. The Morgan fingerprint density at radius 1 is 1.68 bits per heavy atom. The van der Waals surface area contributed by atoms with Gasteiger partial charge in [0.25, 0.3) is 0 Å². The topological polar surface area (TPSA) is 95.9 Å². The first-order valence-electron chi connectivity index (χ1n) is 6.30. The SMILES string of the molecule is COC(=O)C1(N)CCCC1CCSc1nnnn1C. The van der Waals surface area contributed by atoms with Gasteiger partial charge in [-0.15, -0.1) is 5.10 Å². The summed E-state index contributed by atoms with van der Waals surface area (Å²) in [5.74, 6) is 0.725. The zero-order chi connectivity index (χ0) is 13.9. The number of nitrogens with two attached hydrogens (primary N) is 1. The number of aryl methyl sites for hydroxylation is 1. The van der Waals surface area contributed by atoms with Crippen LogP contribution in [-0.4, -0.2) is 44.6 Å². The second-order valence-corrected chi connectivity index (χ2v) is 5.91. The van der Waals surface area contributed by atoms with Gasteiger partial charge < -0.3 is 10.5 Å². The molecule has 1 aromatic heterocycles. The number of hydrogen-bond donors (Lipinski definition) is 1. The summed E-state index contributed by atoms with van der Waals surface area (Å²) >= 11 is 1.58. The third kappa shape index (κ3) is 2.89. The second-order valence-electron chi connectivity index (χ2n) is 4.84. The second kappa shape index (κ2) is 5.87. The molecule has 0 bridgehead atoms. The fraction of sp³-hybridized carbons (Fsp3) is 0.818. The van der Waals surface area contributed by atoms with Crippen molar-refractivity contribution in [2.24, 2.45) is 18.7 Å². The average molecular weight is 285 g/mol. The van der Waals surface area contributed by atoms with Crippen molar-refractivity contribution in [3.63, 3.8) is 0 Å². The fourth-order valence-electron chi connectivity index (χ4n) is 2.60. The minimum atomic E-state index is -0.812. The Morgan fingerprint density at radius 3 is 3.11 bits per heavy atom. The lowest BCUT2D eigenvalue weighted by Crippen LogP contribution is -2.51. The molecule has 1 aliphatic carbocycles. The zero-order valence-electron chi connectivity index (χ0n) is 11.2. The summed E-state index contributed by atoms with van der Waals surface area (Å²) in [6.45, 7) is 0. The Morgan fingerprint density at radius 2 is 2.47 bits per heavy atom. The molecule has 19 heavy (non-hydrogen) atoms. The predicted molar refractivity (Wildman–Crippen MR) is 70.4 cm³/mol. The van der Waals surface area contributed by atoms with Crippen LogP contribution in [0.3, 0.4) is 0 Å². The third-order valence-electron chi connectivity index (χ3n) is 3.72. The summed E-state index contributed by atoms with van der Waals surface area (Å²) in [5, 5.41) is 12.0. The van der Waals surface area contributed by atoms with Gasteiger partial charge >= 0.3 is 5.97 Å². The Bertz CT molecular complexity index is 452. The van der Waals surface area contributed by atoms with Crippen molar-refractivity contribution >= 4 is 17.7 Å². The molecule has 1 heterocycles. The van der Waals surface area contributed by atoms with E-state index in [2.05, 4.69) is 15.5 Å². The van der Waals surface area contributed by atoms with Gasteiger partial charge in [-0.3, -0.25) is 4.79 Å². The van der Waals surface area contributed by atoms with Gasteiger partial charge in [0.1, 0.15) is 5.54 Å². The maximum Gasteiger partial charge on any atom is 0.326 e. The lowest BCUT2D eigenvalue weighted by molar-refractivity contribution is -0.148. The van der Waals surface area contributed by atoms with Crippen molar-refractivity contribution in [3.05, 3.63) is 0 Å². The van der Waals surface area contributed by atoms with E-state index in [-0.39, 0.29) is 11.9 Å². The lowest BCUT2D eigenvalue weighted by Gasteiger charge is -2.28. The molecule has 0 radical (unpaired) electrons. The average Bonchev–Trinajstić information content (AvgIpc) is 2.97. The molecule has 0 aliphatic heterocycles. The van der Waals surface area contributed by atoms with Crippen LogP contribution in [-0.2, 0) is 16.6 Å². The van der Waals surface area contributed by atoms with Crippen LogP contribution in [0.1, 0.15) is 25.7 Å². The summed E-state index contributed by atoms with van der Waals surface area (Å²) in [7, 11) is 3.20. The van der Waals surface area contributed by atoms with E-state index < -0.39 is 5.54 Å². The highest BCUT2D eigenvalue weighted by Crippen LogP contribution is 2.37. The van der Waals surface area contributed by atoms with Crippen LogP contribution in [0.5, 0.6) is 0 Å². The summed E-state index contributed by atoms with van der Waals surface area (Å²) in [6, 6.07) is 0. The van der Waals surface area contributed by atoms with E-state index in [0.717, 1.165) is 30.2 Å². The van der Waals surface area contributed by atoms with Gasteiger partial charge in [-0.1, -0.05) is 18.2 Å². The zero-order valence-corrected chi connectivity index (χ0v) is 12.0. The number of hydrogen-bond acceptors (Lipinski definition) is 7. The van der Waals surface area contributed by atoms with E-state index in [1.54, 1.807) is 23.5 Å². The Hall–Kier alpha value is -1.15. The van der Waals surface area contributed by atoms with Crippen molar-refractivity contribution in [3.8, 4) is 0 Å². The molecule has 8 heteroatoms. The molecule has 2 N–H and O–H groups in total. The molecule has 1 aliphatic rings. The summed E-state index contributed by atoms with van der Waals surface area (Å²) in [6.07, 6.45) is 3.53. The van der Waals surface area contributed by atoms with Crippen molar-refractivity contribution in [1.29, 1.82) is 0 Å². The largest absolute Gasteiger partial charge is 0.468 e.